The van der Waals surface area contributed by atoms with E-state index < -0.39 is 6.10 Å². The molecule has 0 saturated carbocycles. The molecule has 1 aliphatic heterocycles. The van der Waals surface area contributed by atoms with E-state index in [0.717, 1.165) is 24.8 Å². The van der Waals surface area contributed by atoms with E-state index in [4.69, 9.17) is 4.74 Å². The van der Waals surface area contributed by atoms with Crippen molar-refractivity contribution in [2.75, 3.05) is 6.61 Å². The van der Waals surface area contributed by atoms with Crippen LogP contribution in [0, 0.1) is 0 Å². The fourth-order valence-corrected chi connectivity index (χ4v) is 4.49. The number of ether oxygens (including phenoxy) is 1. The normalized spacial score (nSPS) is 23.1. The summed E-state index contributed by atoms with van der Waals surface area (Å²) in [7, 11) is 0. The molecule has 1 heterocycles. The van der Waals surface area contributed by atoms with Gasteiger partial charge in [0.15, 0.2) is 0 Å². The van der Waals surface area contributed by atoms with Gasteiger partial charge in [-0.25, -0.2) is 0 Å². The Morgan fingerprint density at radius 2 is 1.83 bits per heavy atom. The lowest BCUT2D eigenvalue weighted by Gasteiger charge is -2.34. The minimum atomic E-state index is -0.400. The van der Waals surface area contributed by atoms with Crippen molar-refractivity contribution in [3.05, 3.63) is 64.7 Å². The molecule has 4 heteroatoms. The summed E-state index contributed by atoms with van der Waals surface area (Å²) in [5.41, 5.74) is 4.93. The number of rotatable bonds is 8. The molecule has 0 amide bonds. The van der Waals surface area contributed by atoms with Crippen molar-refractivity contribution < 1.29 is 20.1 Å². The molecular weight excluding hydrogens is 364 g/mol. The van der Waals surface area contributed by atoms with Gasteiger partial charge in [0.05, 0.1) is 18.3 Å². The molecule has 0 bridgehead atoms. The molecule has 0 spiro atoms. The molecule has 1 aliphatic rings. The molecule has 1 fully saturated rings. The van der Waals surface area contributed by atoms with E-state index in [1.807, 2.05) is 12.1 Å². The number of benzene rings is 2. The van der Waals surface area contributed by atoms with E-state index in [1.165, 1.54) is 16.7 Å². The van der Waals surface area contributed by atoms with Crippen LogP contribution >= 0.6 is 0 Å². The first kappa shape index (κ1) is 21.8. The summed E-state index contributed by atoms with van der Waals surface area (Å²) in [6.07, 6.45) is 4.12. The summed E-state index contributed by atoms with van der Waals surface area (Å²) in [5, 5.41) is 29.3. The lowest BCUT2D eigenvalue weighted by atomic mass is 9.82. The number of aromatic hydroxyl groups is 1. The maximum atomic E-state index is 10.3. The monoisotopic (exact) mass is 398 g/mol. The quantitative estimate of drug-likeness (QED) is 0.594. The van der Waals surface area contributed by atoms with E-state index in [9.17, 15) is 15.3 Å². The van der Waals surface area contributed by atoms with E-state index in [2.05, 4.69) is 32.0 Å². The second-order valence-electron chi connectivity index (χ2n) is 8.13. The minimum absolute atomic E-state index is 0.0730. The van der Waals surface area contributed by atoms with Crippen LogP contribution in [-0.2, 0) is 11.2 Å². The van der Waals surface area contributed by atoms with Crippen molar-refractivity contribution in [1.29, 1.82) is 0 Å². The Hall–Kier alpha value is -1.88. The summed E-state index contributed by atoms with van der Waals surface area (Å²) >= 11 is 0. The van der Waals surface area contributed by atoms with Crippen LogP contribution in [0.25, 0.3) is 0 Å². The molecule has 29 heavy (non-hydrogen) atoms. The third-order valence-electron chi connectivity index (χ3n) is 6.00. The molecule has 3 rings (SSSR count). The molecule has 2 aromatic rings. The van der Waals surface area contributed by atoms with Gasteiger partial charge in [-0.2, -0.15) is 0 Å². The molecule has 0 aliphatic carbocycles. The van der Waals surface area contributed by atoms with Crippen molar-refractivity contribution in [2.45, 2.75) is 76.6 Å². The Kier molecular flexibility index (Phi) is 7.70. The summed E-state index contributed by atoms with van der Waals surface area (Å²) in [5.74, 6) is 0.547. The van der Waals surface area contributed by atoms with Crippen LogP contribution in [0.5, 0.6) is 5.75 Å². The summed E-state index contributed by atoms with van der Waals surface area (Å²) in [6.45, 7) is 4.45. The molecule has 0 aromatic heterocycles. The Labute approximate surface area is 174 Å². The standard InChI is InChI=1S/C25H34O4/c1-3-5-23(18-8-10-20(27)11-9-18)24-14-19(7-6-17(24)4-2)25-16-21(28)15-22(29-25)12-13-26/h6-11,14,21-23,25-28H,3-5,12-13,15-16H2,1-2H3. The average Bonchev–Trinajstić information content (AvgIpc) is 2.72. The van der Waals surface area contributed by atoms with Crippen molar-refractivity contribution in [3.63, 3.8) is 0 Å². The molecule has 4 unspecified atom stereocenters. The van der Waals surface area contributed by atoms with Crippen molar-refractivity contribution in [3.8, 4) is 5.75 Å². The largest absolute Gasteiger partial charge is 0.508 e. The van der Waals surface area contributed by atoms with Crippen molar-refractivity contribution in [2.24, 2.45) is 0 Å². The number of phenols is 1. The highest BCUT2D eigenvalue weighted by molar-refractivity contribution is 5.42. The zero-order valence-electron chi connectivity index (χ0n) is 17.6. The van der Waals surface area contributed by atoms with Gasteiger partial charge in [0.1, 0.15) is 5.75 Å². The molecule has 3 N–H and O–H groups in total. The number of hydrogen-bond donors (Lipinski definition) is 3. The predicted octanol–water partition coefficient (Wildman–Crippen LogP) is 4.85. The molecular formula is C25H34O4. The Balaban J connectivity index is 1.95. The first-order valence-corrected chi connectivity index (χ1v) is 10.9. The highest BCUT2D eigenvalue weighted by Crippen LogP contribution is 2.38. The third-order valence-corrected chi connectivity index (χ3v) is 6.00. The van der Waals surface area contributed by atoms with Gasteiger partial charge < -0.3 is 20.1 Å². The Morgan fingerprint density at radius 3 is 2.48 bits per heavy atom. The van der Waals surface area contributed by atoms with Gasteiger partial charge in [-0.3, -0.25) is 0 Å². The van der Waals surface area contributed by atoms with Crippen LogP contribution in [0.2, 0.25) is 0 Å². The SMILES string of the molecule is CCCC(c1ccc(O)cc1)c1cc(C2CC(O)CC(CCO)O2)ccc1CC. The predicted molar refractivity (Wildman–Crippen MR) is 115 cm³/mol. The van der Waals surface area contributed by atoms with Gasteiger partial charge in [-0.05, 0) is 60.1 Å². The van der Waals surface area contributed by atoms with Crippen LogP contribution in [0.1, 0.15) is 80.2 Å². The average molecular weight is 399 g/mol. The number of aryl methyl sites for hydroxylation is 1. The number of aliphatic hydroxyl groups is 2. The van der Waals surface area contributed by atoms with Crippen molar-refractivity contribution in [1.82, 2.24) is 0 Å². The first-order chi connectivity index (χ1) is 14.0. The van der Waals surface area contributed by atoms with Gasteiger partial charge in [0.2, 0.25) is 0 Å². The fraction of sp³-hybridized carbons (Fsp3) is 0.520. The van der Waals surface area contributed by atoms with Crippen molar-refractivity contribution >= 4 is 0 Å². The summed E-state index contributed by atoms with van der Waals surface area (Å²) < 4.78 is 6.22. The van der Waals surface area contributed by atoms with Gasteiger partial charge in [0.25, 0.3) is 0 Å². The second-order valence-corrected chi connectivity index (χ2v) is 8.13. The zero-order valence-corrected chi connectivity index (χ0v) is 17.6. The summed E-state index contributed by atoms with van der Waals surface area (Å²) in [6, 6.07) is 14.1. The molecule has 1 saturated heterocycles. The third kappa shape index (κ3) is 5.39. The minimum Gasteiger partial charge on any atom is -0.508 e. The molecule has 0 radical (unpaired) electrons. The van der Waals surface area contributed by atoms with Gasteiger partial charge in [-0.15, -0.1) is 0 Å². The topological polar surface area (TPSA) is 69.9 Å². The Bertz CT molecular complexity index is 771. The Morgan fingerprint density at radius 1 is 1.07 bits per heavy atom. The van der Waals surface area contributed by atoms with Gasteiger partial charge in [0, 0.05) is 18.9 Å². The number of hydrogen-bond acceptors (Lipinski definition) is 4. The maximum absolute atomic E-state index is 10.3. The number of phenolic OH excluding ortho intramolecular Hbond substituents is 1. The lowest BCUT2D eigenvalue weighted by molar-refractivity contribution is -0.103. The van der Waals surface area contributed by atoms with Crippen LogP contribution in [-0.4, -0.2) is 34.1 Å². The van der Waals surface area contributed by atoms with Gasteiger partial charge >= 0.3 is 0 Å². The molecule has 4 atom stereocenters. The van der Waals surface area contributed by atoms with Crippen LogP contribution < -0.4 is 0 Å². The smallest absolute Gasteiger partial charge is 0.115 e. The maximum Gasteiger partial charge on any atom is 0.115 e. The highest BCUT2D eigenvalue weighted by atomic mass is 16.5. The van der Waals surface area contributed by atoms with Crippen LogP contribution in [0.4, 0.5) is 0 Å². The molecule has 2 aromatic carbocycles. The molecule has 158 valence electrons. The lowest BCUT2D eigenvalue weighted by Crippen LogP contribution is -2.32. The van der Waals surface area contributed by atoms with Crippen LogP contribution in [0.3, 0.4) is 0 Å². The molecule has 4 nitrogen and oxygen atoms in total. The fourth-order valence-electron chi connectivity index (χ4n) is 4.49. The van der Waals surface area contributed by atoms with Gasteiger partial charge in [-0.1, -0.05) is 50.6 Å². The first-order valence-electron chi connectivity index (χ1n) is 10.9. The van der Waals surface area contributed by atoms with E-state index in [0.29, 0.717) is 19.3 Å². The van der Waals surface area contributed by atoms with E-state index in [-0.39, 0.29) is 30.5 Å². The highest BCUT2D eigenvalue weighted by Gasteiger charge is 2.30. The zero-order chi connectivity index (χ0) is 20.8. The summed E-state index contributed by atoms with van der Waals surface area (Å²) in [4.78, 5) is 0. The number of aliphatic hydroxyl groups excluding tert-OH is 2. The second kappa shape index (κ2) is 10.2. The van der Waals surface area contributed by atoms with E-state index in [1.54, 1.807) is 12.1 Å². The van der Waals surface area contributed by atoms with E-state index >= 15 is 0 Å². The van der Waals surface area contributed by atoms with Crippen LogP contribution in [0.15, 0.2) is 42.5 Å².